The van der Waals surface area contributed by atoms with Crippen LogP contribution in [0.2, 0.25) is 19.6 Å². The fourth-order valence-electron chi connectivity index (χ4n) is 0.898. The van der Waals surface area contributed by atoms with Crippen molar-refractivity contribution in [2.24, 2.45) is 5.41 Å². The van der Waals surface area contributed by atoms with Crippen LogP contribution in [0.5, 0.6) is 0 Å². The molecule has 84 valence electrons. The van der Waals surface area contributed by atoms with Gasteiger partial charge in [-0.2, -0.15) is 0 Å². The van der Waals surface area contributed by atoms with Gasteiger partial charge in [0, 0.05) is 6.08 Å². The predicted molar refractivity (Wildman–Crippen MR) is 63.6 cm³/mol. The van der Waals surface area contributed by atoms with E-state index in [1.807, 2.05) is 6.92 Å². The van der Waals surface area contributed by atoms with Crippen LogP contribution in [0.3, 0.4) is 0 Å². The Morgan fingerprint density at radius 3 is 2.00 bits per heavy atom. The Kier molecular flexibility index (Phi) is 4.72. The third kappa shape index (κ3) is 8.17. The van der Waals surface area contributed by atoms with Crippen LogP contribution in [0.1, 0.15) is 27.7 Å². The van der Waals surface area contributed by atoms with Crippen molar-refractivity contribution < 1.29 is 9.16 Å². The summed E-state index contributed by atoms with van der Waals surface area (Å²) in [5.41, 5.74) is 0.101. The standard InChI is InChI=1S/C11H24O2Si/c1-8-12-10(9-11(2,3)4)13-14(5,6)7/h9H,8H2,1-7H3. The molecule has 0 aliphatic carbocycles. The summed E-state index contributed by atoms with van der Waals surface area (Å²) in [5, 5.41) is 0. The van der Waals surface area contributed by atoms with Crippen LogP contribution in [0.4, 0.5) is 0 Å². The fraction of sp³-hybridized carbons (Fsp3) is 0.818. The zero-order chi connectivity index (χ0) is 11.4. The summed E-state index contributed by atoms with van der Waals surface area (Å²) in [5.74, 6) is 0.694. The smallest absolute Gasteiger partial charge is 0.261 e. The Balaban J connectivity index is 4.53. The molecule has 2 nitrogen and oxygen atoms in total. The molecule has 0 unspecified atom stereocenters. The van der Waals surface area contributed by atoms with Crippen molar-refractivity contribution in [1.29, 1.82) is 0 Å². The van der Waals surface area contributed by atoms with Crippen LogP contribution >= 0.6 is 0 Å². The highest BCUT2D eigenvalue weighted by atomic mass is 28.4. The van der Waals surface area contributed by atoms with E-state index in [9.17, 15) is 0 Å². The van der Waals surface area contributed by atoms with Crippen LogP contribution in [-0.2, 0) is 9.16 Å². The van der Waals surface area contributed by atoms with Crippen molar-refractivity contribution in [3.63, 3.8) is 0 Å². The summed E-state index contributed by atoms with van der Waals surface area (Å²) in [6, 6.07) is 0. The zero-order valence-electron chi connectivity index (χ0n) is 10.6. The van der Waals surface area contributed by atoms with E-state index in [2.05, 4.69) is 46.5 Å². The first kappa shape index (κ1) is 13.6. The minimum Gasteiger partial charge on any atom is -0.520 e. The molecule has 0 saturated carbocycles. The van der Waals surface area contributed by atoms with E-state index < -0.39 is 8.32 Å². The number of ether oxygens (including phenoxy) is 1. The van der Waals surface area contributed by atoms with Gasteiger partial charge in [0.25, 0.3) is 5.95 Å². The first-order valence-corrected chi connectivity index (χ1v) is 8.59. The number of allylic oxidation sites excluding steroid dienone is 1. The highest BCUT2D eigenvalue weighted by molar-refractivity contribution is 6.69. The maximum Gasteiger partial charge on any atom is 0.261 e. The normalized spacial score (nSPS) is 14.1. The SMILES string of the molecule is CCOC(=CC(C)(C)C)O[Si](C)(C)C. The van der Waals surface area contributed by atoms with E-state index in [1.54, 1.807) is 0 Å². The van der Waals surface area contributed by atoms with Crippen LogP contribution in [0.25, 0.3) is 0 Å². The monoisotopic (exact) mass is 216 g/mol. The lowest BCUT2D eigenvalue weighted by atomic mass is 9.97. The second-order valence-corrected chi connectivity index (χ2v) is 9.91. The zero-order valence-corrected chi connectivity index (χ0v) is 11.6. The molecule has 0 heterocycles. The molecule has 0 N–H and O–H groups in total. The van der Waals surface area contributed by atoms with Gasteiger partial charge in [0.05, 0.1) is 6.61 Å². The van der Waals surface area contributed by atoms with E-state index in [0.29, 0.717) is 12.6 Å². The average molecular weight is 216 g/mol. The lowest BCUT2D eigenvalue weighted by Crippen LogP contribution is -2.26. The van der Waals surface area contributed by atoms with Crippen LogP contribution < -0.4 is 0 Å². The van der Waals surface area contributed by atoms with Crippen molar-refractivity contribution in [2.45, 2.75) is 47.3 Å². The minimum atomic E-state index is -1.55. The van der Waals surface area contributed by atoms with Gasteiger partial charge in [-0.25, -0.2) is 0 Å². The number of hydrogen-bond donors (Lipinski definition) is 0. The van der Waals surface area contributed by atoms with Gasteiger partial charge in [0.2, 0.25) is 8.32 Å². The fourth-order valence-corrected chi connectivity index (χ4v) is 1.62. The van der Waals surface area contributed by atoms with Crippen molar-refractivity contribution in [2.75, 3.05) is 6.61 Å². The molecule has 0 saturated heterocycles. The summed E-state index contributed by atoms with van der Waals surface area (Å²) in [7, 11) is -1.55. The van der Waals surface area contributed by atoms with Gasteiger partial charge in [-0.15, -0.1) is 0 Å². The molecule has 0 bridgehead atoms. The molecular weight excluding hydrogens is 192 g/mol. The topological polar surface area (TPSA) is 18.5 Å². The van der Waals surface area contributed by atoms with Gasteiger partial charge in [-0.3, -0.25) is 0 Å². The summed E-state index contributed by atoms with van der Waals surface area (Å²) in [4.78, 5) is 0. The molecule has 0 aliphatic rings. The Labute approximate surface area is 89.4 Å². The summed E-state index contributed by atoms with van der Waals surface area (Å²) in [6.45, 7) is 15.5. The molecule has 0 fully saturated rings. The third-order valence-electron chi connectivity index (χ3n) is 1.24. The Bertz CT molecular complexity index is 196. The lowest BCUT2D eigenvalue weighted by molar-refractivity contribution is 0.107. The largest absolute Gasteiger partial charge is 0.520 e. The van der Waals surface area contributed by atoms with E-state index in [1.165, 1.54) is 0 Å². The summed E-state index contributed by atoms with van der Waals surface area (Å²) in [6.07, 6.45) is 2.05. The molecule has 0 aromatic heterocycles. The highest BCUT2D eigenvalue weighted by Gasteiger charge is 2.20. The minimum absolute atomic E-state index is 0.101. The summed E-state index contributed by atoms with van der Waals surface area (Å²) >= 11 is 0. The molecule has 0 atom stereocenters. The van der Waals surface area contributed by atoms with E-state index in [0.717, 1.165) is 0 Å². The average Bonchev–Trinajstić information content (AvgIpc) is 1.78. The van der Waals surface area contributed by atoms with E-state index >= 15 is 0 Å². The highest BCUT2D eigenvalue weighted by Crippen LogP contribution is 2.21. The van der Waals surface area contributed by atoms with E-state index in [-0.39, 0.29) is 5.41 Å². The maximum atomic E-state index is 5.83. The van der Waals surface area contributed by atoms with Crippen LogP contribution in [0, 0.1) is 5.41 Å². The summed E-state index contributed by atoms with van der Waals surface area (Å²) < 4.78 is 11.3. The first-order valence-electron chi connectivity index (χ1n) is 5.19. The van der Waals surface area contributed by atoms with Gasteiger partial charge >= 0.3 is 0 Å². The van der Waals surface area contributed by atoms with Crippen molar-refractivity contribution in [1.82, 2.24) is 0 Å². The van der Waals surface area contributed by atoms with Gasteiger partial charge in [-0.1, -0.05) is 20.8 Å². The molecule has 14 heavy (non-hydrogen) atoms. The van der Waals surface area contributed by atoms with Gasteiger partial charge in [0.15, 0.2) is 0 Å². The van der Waals surface area contributed by atoms with Crippen LogP contribution in [-0.4, -0.2) is 14.9 Å². The van der Waals surface area contributed by atoms with Crippen molar-refractivity contribution >= 4 is 8.32 Å². The molecule has 0 aromatic carbocycles. The van der Waals surface area contributed by atoms with Crippen LogP contribution in [0.15, 0.2) is 12.0 Å². The van der Waals surface area contributed by atoms with Crippen molar-refractivity contribution in [3.8, 4) is 0 Å². The second-order valence-electron chi connectivity index (χ2n) is 5.48. The molecule has 0 rings (SSSR count). The second kappa shape index (κ2) is 4.87. The quantitative estimate of drug-likeness (QED) is 0.526. The van der Waals surface area contributed by atoms with Gasteiger partial charge in [0.1, 0.15) is 0 Å². The van der Waals surface area contributed by atoms with E-state index in [4.69, 9.17) is 9.16 Å². The first-order chi connectivity index (χ1) is 6.14. The van der Waals surface area contributed by atoms with Gasteiger partial charge in [-0.05, 0) is 32.0 Å². The molecule has 0 aliphatic heterocycles. The number of rotatable bonds is 4. The Morgan fingerprint density at radius 1 is 1.21 bits per heavy atom. The molecule has 3 heteroatoms. The molecule has 0 amide bonds. The lowest BCUT2D eigenvalue weighted by Gasteiger charge is -2.23. The molecular formula is C11H24O2Si. The predicted octanol–water partition coefficient (Wildman–Crippen LogP) is 3.76. The molecule has 0 radical (unpaired) electrons. The maximum absolute atomic E-state index is 5.83. The Hall–Kier alpha value is -0.443. The Morgan fingerprint density at radius 2 is 1.71 bits per heavy atom. The van der Waals surface area contributed by atoms with Gasteiger partial charge < -0.3 is 9.16 Å². The molecule has 0 spiro atoms. The van der Waals surface area contributed by atoms with Crippen molar-refractivity contribution in [3.05, 3.63) is 12.0 Å². The third-order valence-corrected chi connectivity index (χ3v) is 2.06. The number of hydrogen-bond acceptors (Lipinski definition) is 2. The molecule has 0 aromatic rings.